The van der Waals surface area contributed by atoms with E-state index in [-0.39, 0.29) is 18.4 Å². The van der Waals surface area contributed by atoms with Crippen molar-refractivity contribution in [3.8, 4) is 0 Å². The molecule has 0 spiro atoms. The summed E-state index contributed by atoms with van der Waals surface area (Å²) in [5, 5.41) is 9.42. The molecule has 0 saturated heterocycles. The Morgan fingerprint density at radius 3 is 2.00 bits per heavy atom. The van der Waals surface area contributed by atoms with Gasteiger partial charge in [0, 0.05) is 6.61 Å². The van der Waals surface area contributed by atoms with E-state index in [2.05, 4.69) is 0 Å². The van der Waals surface area contributed by atoms with Crippen LogP contribution in [0.15, 0.2) is 0 Å². The highest BCUT2D eigenvalue weighted by Gasteiger charge is 2.57. The fourth-order valence-electron chi connectivity index (χ4n) is 3.04. The number of carbonyl (C=O) groups is 2. The van der Waals surface area contributed by atoms with Gasteiger partial charge in [-0.25, -0.2) is 0 Å². The van der Waals surface area contributed by atoms with Crippen LogP contribution in [-0.2, 0) is 19.1 Å². The Morgan fingerprint density at radius 2 is 1.72 bits per heavy atom. The fraction of sp³-hybridized carbons (Fsp3) is 0.846. The molecule has 18 heavy (non-hydrogen) atoms. The smallest absolute Gasteiger partial charge is 0.323 e. The highest BCUT2D eigenvalue weighted by molar-refractivity contribution is 6.00. The van der Waals surface area contributed by atoms with Crippen LogP contribution in [0.4, 0.5) is 0 Å². The molecule has 0 radical (unpaired) electrons. The van der Waals surface area contributed by atoms with Crippen molar-refractivity contribution in [2.24, 2.45) is 23.2 Å². The lowest BCUT2D eigenvalue weighted by molar-refractivity contribution is -0.169. The molecule has 0 bridgehead atoms. The van der Waals surface area contributed by atoms with Crippen molar-refractivity contribution in [1.29, 1.82) is 0 Å². The lowest BCUT2D eigenvalue weighted by atomic mass is 9.83. The van der Waals surface area contributed by atoms with Crippen molar-refractivity contribution >= 4 is 11.9 Å². The summed E-state index contributed by atoms with van der Waals surface area (Å²) in [5.74, 6) is -0.776. The van der Waals surface area contributed by atoms with Gasteiger partial charge in [-0.3, -0.25) is 9.59 Å². The summed E-state index contributed by atoms with van der Waals surface area (Å²) < 4.78 is 9.52. The van der Waals surface area contributed by atoms with E-state index in [0.717, 1.165) is 0 Å². The van der Waals surface area contributed by atoms with Crippen molar-refractivity contribution in [3.05, 3.63) is 0 Å². The highest BCUT2D eigenvalue weighted by atomic mass is 16.5. The first-order valence-electron chi connectivity index (χ1n) is 6.20. The number of methoxy groups -OCH3 is 2. The zero-order valence-electron chi connectivity index (χ0n) is 11.4. The second-order valence-corrected chi connectivity index (χ2v) is 5.32. The van der Waals surface area contributed by atoms with Crippen LogP contribution < -0.4 is 0 Å². The first kappa shape index (κ1) is 15.0. The van der Waals surface area contributed by atoms with Gasteiger partial charge < -0.3 is 14.6 Å². The molecule has 0 aromatic rings. The van der Waals surface area contributed by atoms with Crippen LogP contribution in [0.5, 0.6) is 0 Å². The second kappa shape index (κ2) is 5.69. The van der Waals surface area contributed by atoms with E-state index in [4.69, 9.17) is 9.47 Å². The molecule has 2 unspecified atom stereocenters. The predicted molar refractivity (Wildman–Crippen MR) is 64.6 cm³/mol. The number of aliphatic hydroxyl groups excluding tert-OH is 1. The molecule has 5 heteroatoms. The molecule has 1 aliphatic rings. The number of rotatable bonds is 4. The van der Waals surface area contributed by atoms with Gasteiger partial charge in [0.05, 0.1) is 14.2 Å². The molecule has 104 valence electrons. The molecule has 0 aromatic heterocycles. The van der Waals surface area contributed by atoms with E-state index in [1.165, 1.54) is 14.2 Å². The number of esters is 2. The van der Waals surface area contributed by atoms with Gasteiger partial charge in [-0.2, -0.15) is 0 Å². The lowest BCUT2D eigenvalue weighted by Gasteiger charge is -2.23. The van der Waals surface area contributed by atoms with Gasteiger partial charge in [-0.05, 0) is 30.6 Å². The average Bonchev–Trinajstić information content (AvgIpc) is 2.77. The number of hydrogen-bond donors (Lipinski definition) is 1. The van der Waals surface area contributed by atoms with Crippen molar-refractivity contribution < 1.29 is 24.2 Å². The zero-order valence-corrected chi connectivity index (χ0v) is 11.4. The van der Waals surface area contributed by atoms with Gasteiger partial charge in [0.25, 0.3) is 0 Å². The molecule has 1 N–H and O–H groups in total. The van der Waals surface area contributed by atoms with Gasteiger partial charge in [0.1, 0.15) is 0 Å². The summed E-state index contributed by atoms with van der Waals surface area (Å²) in [7, 11) is 2.54. The Morgan fingerprint density at radius 1 is 1.22 bits per heavy atom. The summed E-state index contributed by atoms with van der Waals surface area (Å²) in [6.45, 7) is 4.02. The van der Waals surface area contributed by atoms with Gasteiger partial charge in [0.2, 0.25) is 0 Å². The van der Waals surface area contributed by atoms with E-state index in [9.17, 15) is 14.7 Å². The highest BCUT2D eigenvalue weighted by Crippen LogP contribution is 2.49. The third-order valence-electron chi connectivity index (χ3n) is 4.04. The Kier molecular flexibility index (Phi) is 4.73. The molecule has 1 rings (SSSR count). The number of carbonyl (C=O) groups excluding carboxylic acids is 2. The van der Waals surface area contributed by atoms with Crippen LogP contribution in [0, 0.1) is 23.2 Å². The molecule has 2 atom stereocenters. The number of hydrogen-bond acceptors (Lipinski definition) is 5. The Bertz CT molecular complexity index is 307. The normalized spacial score (nSPS) is 26.1. The van der Waals surface area contributed by atoms with E-state index in [1.807, 2.05) is 13.8 Å². The SMILES string of the molecule is COC(=O)C1(C(=O)OC)CC(CO)C(C(C)C)C1. The third-order valence-corrected chi connectivity index (χ3v) is 4.04. The summed E-state index contributed by atoms with van der Waals surface area (Å²) in [4.78, 5) is 23.9. The second-order valence-electron chi connectivity index (χ2n) is 5.32. The van der Waals surface area contributed by atoms with E-state index >= 15 is 0 Å². The van der Waals surface area contributed by atoms with E-state index < -0.39 is 17.4 Å². The minimum absolute atomic E-state index is 0.0292. The minimum Gasteiger partial charge on any atom is -0.468 e. The largest absolute Gasteiger partial charge is 0.468 e. The van der Waals surface area contributed by atoms with Crippen molar-refractivity contribution in [1.82, 2.24) is 0 Å². The zero-order chi connectivity index (χ0) is 13.9. The summed E-state index contributed by atoms with van der Waals surface area (Å²) in [6, 6.07) is 0. The van der Waals surface area contributed by atoms with E-state index in [1.54, 1.807) is 0 Å². The summed E-state index contributed by atoms with van der Waals surface area (Å²) in [5.41, 5.74) is -1.24. The molecule has 1 saturated carbocycles. The van der Waals surface area contributed by atoms with Crippen LogP contribution in [0.2, 0.25) is 0 Å². The van der Waals surface area contributed by atoms with Crippen molar-refractivity contribution in [3.63, 3.8) is 0 Å². The molecular formula is C13H22O5. The van der Waals surface area contributed by atoms with Gasteiger partial charge >= 0.3 is 11.9 Å². The Balaban J connectivity index is 3.08. The first-order chi connectivity index (χ1) is 8.42. The number of ether oxygens (including phenoxy) is 2. The topological polar surface area (TPSA) is 72.8 Å². The molecular weight excluding hydrogens is 236 g/mol. The quantitative estimate of drug-likeness (QED) is 0.601. The van der Waals surface area contributed by atoms with Crippen molar-refractivity contribution in [2.75, 3.05) is 20.8 Å². The van der Waals surface area contributed by atoms with Gasteiger partial charge in [-0.15, -0.1) is 0 Å². The monoisotopic (exact) mass is 258 g/mol. The molecule has 0 amide bonds. The van der Waals surface area contributed by atoms with E-state index in [0.29, 0.717) is 18.8 Å². The standard InChI is InChI=1S/C13H22O5/c1-8(2)10-6-13(11(15)17-3,12(16)18-4)5-9(10)7-14/h8-10,14H,5-7H2,1-4H3. The third kappa shape index (κ3) is 2.36. The van der Waals surface area contributed by atoms with Crippen LogP contribution >= 0.6 is 0 Å². The first-order valence-corrected chi connectivity index (χ1v) is 6.20. The van der Waals surface area contributed by atoms with Gasteiger partial charge in [0.15, 0.2) is 5.41 Å². The molecule has 5 nitrogen and oxygen atoms in total. The van der Waals surface area contributed by atoms with Crippen LogP contribution in [0.25, 0.3) is 0 Å². The average molecular weight is 258 g/mol. The maximum Gasteiger partial charge on any atom is 0.323 e. The maximum atomic E-state index is 12.0. The van der Waals surface area contributed by atoms with Crippen molar-refractivity contribution in [2.45, 2.75) is 26.7 Å². The number of aliphatic hydroxyl groups is 1. The fourth-order valence-corrected chi connectivity index (χ4v) is 3.04. The van der Waals surface area contributed by atoms with Crippen LogP contribution in [0.1, 0.15) is 26.7 Å². The molecule has 0 heterocycles. The summed E-state index contributed by atoms with van der Waals surface area (Å²) >= 11 is 0. The molecule has 1 fully saturated rings. The molecule has 1 aliphatic carbocycles. The summed E-state index contributed by atoms with van der Waals surface area (Å²) in [6.07, 6.45) is 0.681. The molecule has 0 aromatic carbocycles. The minimum atomic E-state index is -1.24. The van der Waals surface area contributed by atoms with Gasteiger partial charge in [-0.1, -0.05) is 13.8 Å². The molecule has 0 aliphatic heterocycles. The Hall–Kier alpha value is -1.10. The van der Waals surface area contributed by atoms with Crippen LogP contribution in [-0.4, -0.2) is 37.9 Å². The predicted octanol–water partition coefficient (Wildman–Crippen LogP) is 0.993. The van der Waals surface area contributed by atoms with Crippen LogP contribution in [0.3, 0.4) is 0 Å². The Labute approximate surface area is 107 Å². The maximum absolute atomic E-state index is 12.0. The lowest BCUT2D eigenvalue weighted by Crippen LogP contribution is -2.39.